The minimum Gasteiger partial charge on any atom is -0.349 e. The Hall–Kier alpha value is -1.35. The second-order valence-electron chi connectivity index (χ2n) is 5.76. The standard InChI is InChI=1S/C16H24N2O/c1-11-4-3-5-14(10-11)12(2)18-16(19)13-6-8-15(17)9-7-13/h3-5,10,12-13,15H,6-9,17H2,1-2H3,(H,18,19)/t12-,13?,15?/m1/s1. The Labute approximate surface area is 115 Å². The van der Waals surface area contributed by atoms with Crippen LogP contribution in [0.25, 0.3) is 0 Å². The molecule has 3 N–H and O–H groups in total. The molecule has 0 radical (unpaired) electrons. The molecule has 1 saturated carbocycles. The summed E-state index contributed by atoms with van der Waals surface area (Å²) in [5.74, 6) is 0.327. The van der Waals surface area contributed by atoms with E-state index in [9.17, 15) is 4.79 Å². The van der Waals surface area contributed by atoms with Crippen molar-refractivity contribution < 1.29 is 4.79 Å². The lowest BCUT2D eigenvalue weighted by Gasteiger charge is -2.26. The first kappa shape index (κ1) is 14.1. The molecule has 0 aromatic heterocycles. The lowest BCUT2D eigenvalue weighted by Crippen LogP contribution is -2.37. The molecule has 3 heteroatoms. The SMILES string of the molecule is Cc1cccc([C@@H](C)NC(=O)C2CCC(N)CC2)c1. The van der Waals surface area contributed by atoms with Gasteiger partial charge in [0.2, 0.25) is 5.91 Å². The summed E-state index contributed by atoms with van der Waals surface area (Å²) in [7, 11) is 0. The van der Waals surface area contributed by atoms with Gasteiger partial charge in [0.15, 0.2) is 0 Å². The van der Waals surface area contributed by atoms with Crippen LogP contribution < -0.4 is 11.1 Å². The minimum atomic E-state index is 0.0722. The van der Waals surface area contributed by atoms with E-state index in [0.29, 0.717) is 6.04 Å². The first-order valence-corrected chi connectivity index (χ1v) is 7.19. The molecule has 104 valence electrons. The van der Waals surface area contributed by atoms with Gasteiger partial charge in [-0.2, -0.15) is 0 Å². The highest BCUT2D eigenvalue weighted by Crippen LogP contribution is 2.24. The van der Waals surface area contributed by atoms with E-state index in [1.807, 2.05) is 13.0 Å². The second kappa shape index (κ2) is 6.20. The van der Waals surface area contributed by atoms with Gasteiger partial charge in [-0.3, -0.25) is 4.79 Å². The van der Waals surface area contributed by atoms with Gasteiger partial charge in [-0.25, -0.2) is 0 Å². The lowest BCUT2D eigenvalue weighted by atomic mass is 9.85. The van der Waals surface area contributed by atoms with E-state index < -0.39 is 0 Å². The average molecular weight is 260 g/mol. The van der Waals surface area contributed by atoms with E-state index in [4.69, 9.17) is 5.73 Å². The molecule has 1 aromatic rings. The zero-order valence-corrected chi connectivity index (χ0v) is 11.9. The Morgan fingerprint density at radius 2 is 2.00 bits per heavy atom. The van der Waals surface area contributed by atoms with Gasteiger partial charge >= 0.3 is 0 Å². The van der Waals surface area contributed by atoms with Crippen molar-refractivity contribution >= 4 is 5.91 Å². The zero-order chi connectivity index (χ0) is 13.8. The number of rotatable bonds is 3. The van der Waals surface area contributed by atoms with Crippen molar-refractivity contribution in [3.05, 3.63) is 35.4 Å². The maximum absolute atomic E-state index is 12.2. The third-order valence-electron chi connectivity index (χ3n) is 4.04. The highest BCUT2D eigenvalue weighted by molar-refractivity contribution is 5.79. The maximum Gasteiger partial charge on any atom is 0.223 e. The molecule has 1 aliphatic carbocycles. The first-order chi connectivity index (χ1) is 9.06. The summed E-state index contributed by atoms with van der Waals surface area (Å²) in [4.78, 5) is 12.2. The maximum atomic E-state index is 12.2. The molecule has 0 aliphatic heterocycles. The molecule has 1 amide bonds. The molecular formula is C16H24N2O. The summed E-state index contributed by atoms with van der Waals surface area (Å²) in [5, 5.41) is 3.13. The molecule has 0 spiro atoms. The van der Waals surface area contributed by atoms with Gasteiger partial charge in [0, 0.05) is 12.0 Å². The second-order valence-corrected chi connectivity index (χ2v) is 5.76. The number of carbonyl (C=O) groups excluding carboxylic acids is 1. The molecule has 1 atom stereocenters. The third-order valence-corrected chi connectivity index (χ3v) is 4.04. The van der Waals surface area contributed by atoms with Crippen molar-refractivity contribution in [1.29, 1.82) is 0 Å². The number of hydrogen-bond acceptors (Lipinski definition) is 2. The van der Waals surface area contributed by atoms with Gasteiger partial charge in [-0.1, -0.05) is 29.8 Å². The minimum absolute atomic E-state index is 0.0722. The van der Waals surface area contributed by atoms with Crippen LogP contribution in [0.1, 0.15) is 49.8 Å². The van der Waals surface area contributed by atoms with E-state index >= 15 is 0 Å². The van der Waals surface area contributed by atoms with Crippen LogP contribution in [0.15, 0.2) is 24.3 Å². The van der Waals surface area contributed by atoms with Crippen LogP contribution in [-0.4, -0.2) is 11.9 Å². The Balaban J connectivity index is 1.91. The van der Waals surface area contributed by atoms with Crippen LogP contribution in [0.2, 0.25) is 0 Å². The van der Waals surface area contributed by atoms with E-state index in [1.54, 1.807) is 0 Å². The average Bonchev–Trinajstić information content (AvgIpc) is 2.39. The van der Waals surface area contributed by atoms with Gasteiger partial charge in [-0.05, 0) is 45.1 Å². The smallest absolute Gasteiger partial charge is 0.223 e. The van der Waals surface area contributed by atoms with E-state index in [1.165, 1.54) is 11.1 Å². The number of hydrogen-bond donors (Lipinski definition) is 2. The van der Waals surface area contributed by atoms with E-state index in [-0.39, 0.29) is 17.9 Å². The largest absolute Gasteiger partial charge is 0.349 e. The van der Waals surface area contributed by atoms with Crippen molar-refractivity contribution in [2.45, 2.75) is 51.6 Å². The van der Waals surface area contributed by atoms with Crippen LogP contribution in [0.5, 0.6) is 0 Å². The van der Waals surface area contributed by atoms with Crippen molar-refractivity contribution in [2.24, 2.45) is 11.7 Å². The van der Waals surface area contributed by atoms with Gasteiger partial charge in [-0.15, -0.1) is 0 Å². The summed E-state index contributed by atoms with van der Waals surface area (Å²) in [5.41, 5.74) is 8.27. The molecule has 1 aliphatic rings. The molecule has 3 nitrogen and oxygen atoms in total. The highest BCUT2D eigenvalue weighted by Gasteiger charge is 2.25. The van der Waals surface area contributed by atoms with Gasteiger partial charge in [0.1, 0.15) is 0 Å². The summed E-state index contributed by atoms with van der Waals surface area (Å²) in [6.07, 6.45) is 3.79. The summed E-state index contributed by atoms with van der Waals surface area (Å²) >= 11 is 0. The molecule has 2 rings (SSSR count). The third kappa shape index (κ3) is 3.80. The monoisotopic (exact) mass is 260 g/mol. The fourth-order valence-corrected chi connectivity index (χ4v) is 2.74. The molecule has 0 bridgehead atoms. The number of aryl methyl sites for hydroxylation is 1. The van der Waals surface area contributed by atoms with Crippen LogP contribution in [0.3, 0.4) is 0 Å². The van der Waals surface area contributed by atoms with Crippen molar-refractivity contribution in [1.82, 2.24) is 5.32 Å². The van der Waals surface area contributed by atoms with E-state index in [2.05, 4.69) is 30.4 Å². The predicted octanol–water partition coefficient (Wildman–Crippen LogP) is 2.69. The summed E-state index contributed by atoms with van der Waals surface area (Å²) in [6.45, 7) is 4.11. The Morgan fingerprint density at radius 1 is 1.32 bits per heavy atom. The normalized spacial score (nSPS) is 24.8. The molecule has 1 aromatic carbocycles. The van der Waals surface area contributed by atoms with Crippen LogP contribution in [0.4, 0.5) is 0 Å². The van der Waals surface area contributed by atoms with Gasteiger partial charge in [0.05, 0.1) is 6.04 Å². The van der Waals surface area contributed by atoms with Crippen LogP contribution in [-0.2, 0) is 4.79 Å². The number of nitrogens with two attached hydrogens (primary N) is 1. The number of benzene rings is 1. The quantitative estimate of drug-likeness (QED) is 0.878. The molecular weight excluding hydrogens is 236 g/mol. The van der Waals surface area contributed by atoms with Crippen LogP contribution in [0, 0.1) is 12.8 Å². The molecule has 0 unspecified atom stereocenters. The first-order valence-electron chi connectivity index (χ1n) is 7.19. The number of nitrogens with one attached hydrogen (secondary N) is 1. The fraction of sp³-hybridized carbons (Fsp3) is 0.562. The predicted molar refractivity (Wildman–Crippen MR) is 77.7 cm³/mol. The summed E-state index contributed by atoms with van der Waals surface area (Å²) in [6, 6.07) is 8.66. The molecule has 0 heterocycles. The topological polar surface area (TPSA) is 55.1 Å². The van der Waals surface area contributed by atoms with Gasteiger partial charge < -0.3 is 11.1 Å². The van der Waals surface area contributed by atoms with Crippen molar-refractivity contribution in [2.75, 3.05) is 0 Å². The Morgan fingerprint density at radius 3 is 2.63 bits per heavy atom. The number of amides is 1. The fourth-order valence-electron chi connectivity index (χ4n) is 2.74. The van der Waals surface area contributed by atoms with E-state index in [0.717, 1.165) is 25.7 Å². The Kier molecular flexibility index (Phi) is 4.59. The molecule has 1 fully saturated rings. The number of carbonyl (C=O) groups is 1. The zero-order valence-electron chi connectivity index (χ0n) is 11.9. The van der Waals surface area contributed by atoms with Crippen molar-refractivity contribution in [3.63, 3.8) is 0 Å². The van der Waals surface area contributed by atoms with Crippen molar-refractivity contribution in [3.8, 4) is 0 Å². The lowest BCUT2D eigenvalue weighted by molar-refractivity contribution is -0.126. The van der Waals surface area contributed by atoms with Gasteiger partial charge in [0.25, 0.3) is 0 Å². The summed E-state index contributed by atoms with van der Waals surface area (Å²) < 4.78 is 0. The van der Waals surface area contributed by atoms with Crippen LogP contribution >= 0.6 is 0 Å². The molecule has 0 saturated heterocycles. The highest BCUT2D eigenvalue weighted by atomic mass is 16.1. The molecule has 19 heavy (non-hydrogen) atoms. The Bertz CT molecular complexity index is 436.